The molecule has 9 heteroatoms. The maximum atomic E-state index is 13.7. The average molecular weight is 428 g/mol. The number of rotatable bonds is 3. The minimum atomic E-state index is -4.24. The minimum Gasteiger partial charge on any atom is -0.262 e. The molecule has 1 atom stereocenters. The number of nitrogens with zero attached hydrogens (tertiary/aromatic N) is 5. The number of aromatic nitrogens is 6. The average Bonchev–Trinajstić information content (AvgIpc) is 3.45. The van der Waals surface area contributed by atoms with Gasteiger partial charge in [0.25, 0.3) is 0 Å². The molecule has 0 saturated heterocycles. The van der Waals surface area contributed by atoms with Crippen molar-refractivity contribution in [3.05, 3.63) is 41.0 Å². The summed E-state index contributed by atoms with van der Waals surface area (Å²) in [4.78, 5) is 9.25. The van der Waals surface area contributed by atoms with Gasteiger partial charge in [0, 0.05) is 23.5 Å². The number of hydrogen-bond donors (Lipinski definition) is 1. The molecule has 162 valence electrons. The van der Waals surface area contributed by atoms with E-state index in [0.717, 1.165) is 53.9 Å². The number of hydrogen-bond acceptors (Lipinski definition) is 5. The molecule has 0 radical (unpaired) electrons. The Morgan fingerprint density at radius 1 is 1.10 bits per heavy atom. The normalized spacial score (nSPS) is 19.5. The predicted octanol–water partition coefficient (Wildman–Crippen LogP) is 4.96. The molecule has 0 aromatic carbocycles. The molecule has 0 bridgehead atoms. The van der Waals surface area contributed by atoms with Crippen LogP contribution in [-0.4, -0.2) is 36.8 Å². The largest absolute Gasteiger partial charge is 0.392 e. The van der Waals surface area contributed by atoms with Gasteiger partial charge < -0.3 is 0 Å². The zero-order valence-corrected chi connectivity index (χ0v) is 17.2. The number of tetrazole rings is 1. The Morgan fingerprint density at radius 3 is 2.58 bits per heavy atom. The van der Waals surface area contributed by atoms with Crippen molar-refractivity contribution in [3.8, 4) is 22.5 Å². The van der Waals surface area contributed by atoms with Crippen LogP contribution in [0.2, 0.25) is 0 Å². The number of aromatic amines is 1. The lowest BCUT2D eigenvalue weighted by atomic mass is 9.79. The van der Waals surface area contributed by atoms with Crippen LogP contribution in [-0.2, 0) is 12.8 Å². The van der Waals surface area contributed by atoms with Gasteiger partial charge in [-0.1, -0.05) is 12.8 Å². The molecular weight excluding hydrogens is 405 g/mol. The third-order valence-electron chi connectivity index (χ3n) is 6.55. The van der Waals surface area contributed by atoms with E-state index in [-0.39, 0.29) is 18.8 Å². The van der Waals surface area contributed by atoms with Crippen LogP contribution in [0.25, 0.3) is 22.5 Å². The van der Waals surface area contributed by atoms with Crippen molar-refractivity contribution >= 4 is 0 Å². The van der Waals surface area contributed by atoms with Gasteiger partial charge in [0.05, 0.1) is 17.2 Å². The molecule has 0 spiro atoms. The zero-order chi connectivity index (χ0) is 21.6. The Hall–Kier alpha value is -2.84. The lowest BCUT2D eigenvalue weighted by Crippen LogP contribution is -2.30. The van der Waals surface area contributed by atoms with Crippen LogP contribution in [0.1, 0.15) is 60.7 Å². The summed E-state index contributed by atoms with van der Waals surface area (Å²) in [7, 11) is 0. The first kappa shape index (κ1) is 20.1. The van der Waals surface area contributed by atoms with E-state index in [1.54, 1.807) is 6.20 Å². The molecule has 3 aromatic rings. The van der Waals surface area contributed by atoms with Crippen molar-refractivity contribution in [3.63, 3.8) is 0 Å². The molecular formula is C22H23F3N6. The molecule has 1 N–H and O–H groups in total. The van der Waals surface area contributed by atoms with Gasteiger partial charge in [-0.15, -0.1) is 10.2 Å². The maximum absolute atomic E-state index is 13.7. The molecule has 6 nitrogen and oxygen atoms in total. The Morgan fingerprint density at radius 2 is 1.90 bits per heavy atom. The maximum Gasteiger partial charge on any atom is 0.392 e. The Bertz CT molecular complexity index is 1090. The molecule has 0 amide bonds. The van der Waals surface area contributed by atoms with E-state index in [4.69, 9.17) is 4.98 Å². The Balaban J connectivity index is 1.80. The number of aryl methyl sites for hydroxylation is 2. The standard InChI is InChI=1S/C22H23F3N6/c1-12-10-14(8-9-26-12)18-16-11-15(22(23,24)25)6-7-17(16)27-20(13-4-2-3-5-13)19(18)21-28-30-31-29-21/h8-10,13,15H,2-7,11H2,1H3,(H,28,29,30,31). The van der Waals surface area contributed by atoms with Crippen molar-refractivity contribution < 1.29 is 13.2 Å². The quantitative estimate of drug-likeness (QED) is 0.638. The van der Waals surface area contributed by atoms with Gasteiger partial charge in [-0.25, -0.2) is 0 Å². The molecule has 1 saturated carbocycles. The third kappa shape index (κ3) is 3.70. The molecule has 3 aromatic heterocycles. The van der Waals surface area contributed by atoms with Gasteiger partial charge in [0.1, 0.15) is 0 Å². The monoisotopic (exact) mass is 428 g/mol. The Labute approximate surface area is 177 Å². The molecule has 31 heavy (non-hydrogen) atoms. The first-order chi connectivity index (χ1) is 14.9. The van der Waals surface area contributed by atoms with Crippen LogP contribution in [0.5, 0.6) is 0 Å². The number of pyridine rings is 2. The van der Waals surface area contributed by atoms with Gasteiger partial charge in [0.15, 0.2) is 0 Å². The van der Waals surface area contributed by atoms with Gasteiger partial charge in [-0.05, 0) is 73.1 Å². The van der Waals surface area contributed by atoms with Gasteiger partial charge in [-0.2, -0.15) is 18.4 Å². The summed E-state index contributed by atoms with van der Waals surface area (Å²) in [6, 6.07) is 3.76. The number of halogens is 3. The second kappa shape index (κ2) is 7.69. The fourth-order valence-corrected chi connectivity index (χ4v) is 5.07. The summed E-state index contributed by atoms with van der Waals surface area (Å²) in [5.41, 5.74) is 5.42. The van der Waals surface area contributed by atoms with Crippen LogP contribution >= 0.6 is 0 Å². The highest BCUT2D eigenvalue weighted by molar-refractivity contribution is 5.85. The zero-order valence-electron chi connectivity index (χ0n) is 17.2. The minimum absolute atomic E-state index is 0.0734. The van der Waals surface area contributed by atoms with Crippen molar-refractivity contribution in [2.24, 2.45) is 5.92 Å². The van der Waals surface area contributed by atoms with E-state index in [1.807, 2.05) is 19.1 Å². The van der Waals surface area contributed by atoms with Crippen LogP contribution in [0.3, 0.4) is 0 Å². The third-order valence-corrected chi connectivity index (χ3v) is 6.55. The SMILES string of the molecule is Cc1cc(-c2c3c(nc(C4CCCC4)c2-c2nn[nH]n2)CCC(C(F)(F)F)C3)ccn1. The highest BCUT2D eigenvalue weighted by atomic mass is 19.4. The molecule has 3 heterocycles. The first-order valence-corrected chi connectivity index (χ1v) is 10.7. The van der Waals surface area contributed by atoms with E-state index in [2.05, 4.69) is 25.6 Å². The van der Waals surface area contributed by atoms with Crippen LogP contribution in [0.15, 0.2) is 18.3 Å². The summed E-state index contributed by atoms with van der Waals surface area (Å²) >= 11 is 0. The summed E-state index contributed by atoms with van der Waals surface area (Å²) in [5, 5.41) is 14.7. The lowest BCUT2D eigenvalue weighted by molar-refractivity contribution is -0.177. The molecule has 5 rings (SSSR count). The Kier molecular flexibility index (Phi) is 4.98. The molecule has 1 fully saturated rings. The second-order valence-corrected chi connectivity index (χ2v) is 8.56. The molecule has 1 unspecified atom stereocenters. The second-order valence-electron chi connectivity index (χ2n) is 8.56. The summed E-state index contributed by atoms with van der Waals surface area (Å²) in [6.07, 6.45) is 2.03. The van der Waals surface area contributed by atoms with Crippen molar-refractivity contribution in [1.29, 1.82) is 0 Å². The van der Waals surface area contributed by atoms with Crippen LogP contribution in [0, 0.1) is 12.8 Å². The summed E-state index contributed by atoms with van der Waals surface area (Å²) < 4.78 is 41.0. The van der Waals surface area contributed by atoms with Gasteiger partial charge >= 0.3 is 6.18 Å². The van der Waals surface area contributed by atoms with Crippen LogP contribution in [0.4, 0.5) is 13.2 Å². The molecule has 2 aliphatic carbocycles. The summed E-state index contributed by atoms with van der Waals surface area (Å²) in [5.74, 6) is -0.740. The van der Waals surface area contributed by atoms with Crippen molar-refractivity contribution in [1.82, 2.24) is 30.6 Å². The highest BCUT2D eigenvalue weighted by Gasteiger charge is 2.43. The van der Waals surface area contributed by atoms with Crippen LogP contribution < -0.4 is 0 Å². The lowest BCUT2D eigenvalue weighted by Gasteiger charge is -2.30. The smallest absolute Gasteiger partial charge is 0.262 e. The fraction of sp³-hybridized carbons (Fsp3) is 0.500. The molecule has 0 aliphatic heterocycles. The van der Waals surface area contributed by atoms with E-state index in [1.165, 1.54) is 0 Å². The van der Waals surface area contributed by atoms with Gasteiger partial charge in [-0.3, -0.25) is 9.97 Å². The number of nitrogens with one attached hydrogen (secondary N) is 1. The van der Waals surface area contributed by atoms with Crippen molar-refractivity contribution in [2.75, 3.05) is 0 Å². The van der Waals surface area contributed by atoms with E-state index in [9.17, 15) is 13.2 Å². The first-order valence-electron chi connectivity index (χ1n) is 10.7. The van der Waals surface area contributed by atoms with Crippen molar-refractivity contribution in [2.45, 2.75) is 64.0 Å². The highest BCUT2D eigenvalue weighted by Crippen LogP contribution is 2.47. The number of H-pyrrole nitrogens is 1. The van der Waals surface area contributed by atoms with E-state index >= 15 is 0 Å². The fourth-order valence-electron chi connectivity index (χ4n) is 5.07. The van der Waals surface area contributed by atoms with Gasteiger partial charge in [0.2, 0.25) is 5.82 Å². The summed E-state index contributed by atoms with van der Waals surface area (Å²) in [6.45, 7) is 1.88. The predicted molar refractivity (Wildman–Crippen MR) is 108 cm³/mol. The molecule has 2 aliphatic rings. The van der Waals surface area contributed by atoms with E-state index in [0.29, 0.717) is 23.4 Å². The van der Waals surface area contributed by atoms with E-state index < -0.39 is 12.1 Å². The number of fused-ring (bicyclic) bond motifs is 1. The topological polar surface area (TPSA) is 80.2 Å². The number of alkyl halides is 3.